The predicted octanol–water partition coefficient (Wildman–Crippen LogP) is 2.70. The van der Waals surface area contributed by atoms with E-state index in [0.717, 1.165) is 10.0 Å². The Bertz CT molecular complexity index is 315. The van der Waals surface area contributed by atoms with Crippen molar-refractivity contribution in [2.75, 3.05) is 0 Å². The minimum Gasteiger partial charge on any atom is -0.506 e. The van der Waals surface area contributed by atoms with Crippen LogP contribution in [0, 0.1) is 0 Å². The number of phenolic OH excluding ortho intramolecular Hbond substituents is 1. The lowest BCUT2D eigenvalue weighted by molar-refractivity contribution is 0.466. The molecule has 0 amide bonds. The van der Waals surface area contributed by atoms with Gasteiger partial charge >= 0.3 is 0 Å². The molecule has 4 heteroatoms. The van der Waals surface area contributed by atoms with E-state index in [4.69, 9.17) is 17.3 Å². The Kier molecular flexibility index (Phi) is 3.59. The van der Waals surface area contributed by atoms with Crippen molar-refractivity contribution in [3.05, 3.63) is 27.2 Å². The molecule has 0 radical (unpaired) electrons. The molecule has 0 aromatic heterocycles. The lowest BCUT2D eigenvalue weighted by Gasteiger charge is -2.09. The van der Waals surface area contributed by atoms with Gasteiger partial charge in [-0.15, -0.1) is 0 Å². The fourth-order valence-electron chi connectivity index (χ4n) is 1.12. The van der Waals surface area contributed by atoms with E-state index >= 15 is 0 Å². The molecule has 2 nitrogen and oxygen atoms in total. The standard InChI is InChI=1S/C9H11BrClNO/c1-5(12)2-6-3-7(10)4-8(11)9(6)13/h3-5,13H,2,12H2,1H3. The zero-order valence-electron chi connectivity index (χ0n) is 7.22. The minimum absolute atomic E-state index is 0.0104. The maximum absolute atomic E-state index is 9.56. The highest BCUT2D eigenvalue weighted by Crippen LogP contribution is 2.31. The van der Waals surface area contributed by atoms with Crippen LogP contribution in [-0.2, 0) is 6.42 Å². The van der Waals surface area contributed by atoms with E-state index in [1.165, 1.54) is 0 Å². The highest BCUT2D eigenvalue weighted by Gasteiger charge is 2.08. The first-order valence-corrected chi connectivity index (χ1v) is 5.10. The number of hydrogen-bond donors (Lipinski definition) is 2. The average Bonchev–Trinajstić information content (AvgIpc) is 1.98. The molecule has 0 saturated heterocycles. The van der Waals surface area contributed by atoms with Crippen LogP contribution < -0.4 is 5.73 Å². The lowest BCUT2D eigenvalue weighted by atomic mass is 10.1. The van der Waals surface area contributed by atoms with Gasteiger partial charge in [-0.05, 0) is 31.0 Å². The number of benzene rings is 1. The van der Waals surface area contributed by atoms with Gasteiger partial charge in [-0.1, -0.05) is 27.5 Å². The highest BCUT2D eigenvalue weighted by molar-refractivity contribution is 9.10. The largest absolute Gasteiger partial charge is 0.506 e. The van der Waals surface area contributed by atoms with Crippen molar-refractivity contribution < 1.29 is 5.11 Å². The lowest BCUT2D eigenvalue weighted by Crippen LogP contribution is -2.17. The van der Waals surface area contributed by atoms with E-state index in [1.54, 1.807) is 6.07 Å². The Morgan fingerprint density at radius 1 is 1.62 bits per heavy atom. The van der Waals surface area contributed by atoms with Crippen LogP contribution in [0.25, 0.3) is 0 Å². The van der Waals surface area contributed by atoms with Gasteiger partial charge in [-0.2, -0.15) is 0 Å². The van der Waals surface area contributed by atoms with E-state index in [0.29, 0.717) is 11.4 Å². The van der Waals surface area contributed by atoms with Gasteiger partial charge in [0.05, 0.1) is 5.02 Å². The Labute approximate surface area is 90.8 Å². The minimum atomic E-state index is 0.0104. The van der Waals surface area contributed by atoms with E-state index in [1.807, 2.05) is 13.0 Å². The summed E-state index contributed by atoms with van der Waals surface area (Å²) < 4.78 is 0.853. The van der Waals surface area contributed by atoms with Crippen LogP contribution in [0.5, 0.6) is 5.75 Å². The number of halogens is 2. The Morgan fingerprint density at radius 3 is 2.77 bits per heavy atom. The molecule has 0 spiro atoms. The molecule has 1 aromatic carbocycles. The summed E-state index contributed by atoms with van der Waals surface area (Å²) in [6, 6.07) is 3.49. The molecule has 0 heterocycles. The summed E-state index contributed by atoms with van der Waals surface area (Å²) in [6.07, 6.45) is 0.616. The Balaban J connectivity index is 3.05. The van der Waals surface area contributed by atoms with Crippen LogP contribution in [0.4, 0.5) is 0 Å². The first kappa shape index (κ1) is 10.8. The number of rotatable bonds is 2. The SMILES string of the molecule is CC(N)Cc1cc(Br)cc(Cl)c1O. The van der Waals surface area contributed by atoms with Crippen LogP contribution in [0.1, 0.15) is 12.5 Å². The van der Waals surface area contributed by atoms with Crippen molar-refractivity contribution >= 4 is 27.5 Å². The van der Waals surface area contributed by atoms with Gasteiger partial charge in [-0.3, -0.25) is 0 Å². The number of aromatic hydroxyl groups is 1. The third kappa shape index (κ3) is 2.86. The molecule has 0 aliphatic heterocycles. The van der Waals surface area contributed by atoms with E-state index < -0.39 is 0 Å². The number of nitrogens with two attached hydrogens (primary N) is 1. The molecule has 1 rings (SSSR count). The van der Waals surface area contributed by atoms with Crippen LogP contribution >= 0.6 is 27.5 Å². The maximum atomic E-state index is 9.56. The summed E-state index contributed by atoms with van der Waals surface area (Å²) in [6.45, 7) is 1.88. The van der Waals surface area contributed by atoms with E-state index in [9.17, 15) is 5.11 Å². The van der Waals surface area contributed by atoms with Gasteiger partial charge in [-0.25, -0.2) is 0 Å². The molecule has 1 unspecified atom stereocenters. The van der Waals surface area contributed by atoms with E-state index in [2.05, 4.69) is 15.9 Å². The average molecular weight is 265 g/mol. The second kappa shape index (κ2) is 4.31. The third-order valence-electron chi connectivity index (χ3n) is 1.65. The van der Waals surface area contributed by atoms with Crippen molar-refractivity contribution in [2.24, 2.45) is 5.73 Å². The Morgan fingerprint density at radius 2 is 2.23 bits per heavy atom. The summed E-state index contributed by atoms with van der Waals surface area (Å²) in [5.41, 5.74) is 6.40. The third-order valence-corrected chi connectivity index (χ3v) is 2.39. The molecule has 1 atom stereocenters. The molecular formula is C9H11BrClNO. The van der Waals surface area contributed by atoms with Crippen molar-refractivity contribution in [2.45, 2.75) is 19.4 Å². The molecule has 72 valence electrons. The van der Waals surface area contributed by atoms with Crippen LogP contribution in [-0.4, -0.2) is 11.1 Å². The van der Waals surface area contributed by atoms with Crippen molar-refractivity contribution in [1.82, 2.24) is 0 Å². The van der Waals surface area contributed by atoms with Gasteiger partial charge in [0.25, 0.3) is 0 Å². The maximum Gasteiger partial charge on any atom is 0.137 e. The van der Waals surface area contributed by atoms with Gasteiger partial charge in [0, 0.05) is 10.5 Å². The molecule has 0 saturated carbocycles. The summed E-state index contributed by atoms with van der Waals surface area (Å²) in [5, 5.41) is 9.91. The number of phenols is 1. The van der Waals surface area contributed by atoms with Gasteiger partial charge in [0.15, 0.2) is 0 Å². The first-order chi connectivity index (χ1) is 6.00. The van der Waals surface area contributed by atoms with Gasteiger partial charge in [0.1, 0.15) is 5.75 Å². The summed E-state index contributed by atoms with van der Waals surface area (Å²) >= 11 is 9.08. The smallest absolute Gasteiger partial charge is 0.137 e. The highest BCUT2D eigenvalue weighted by atomic mass is 79.9. The normalized spacial score (nSPS) is 12.9. The molecule has 3 N–H and O–H groups in total. The second-order valence-corrected chi connectivity index (χ2v) is 4.40. The zero-order valence-corrected chi connectivity index (χ0v) is 9.56. The second-order valence-electron chi connectivity index (χ2n) is 3.08. The first-order valence-electron chi connectivity index (χ1n) is 3.93. The molecule has 0 aliphatic carbocycles. The molecular weight excluding hydrogens is 253 g/mol. The van der Waals surface area contributed by atoms with Crippen molar-refractivity contribution in [3.63, 3.8) is 0 Å². The molecule has 0 aliphatic rings. The molecule has 1 aromatic rings. The van der Waals surface area contributed by atoms with Crippen molar-refractivity contribution in [1.29, 1.82) is 0 Å². The van der Waals surface area contributed by atoms with Crippen molar-refractivity contribution in [3.8, 4) is 5.75 Å². The zero-order chi connectivity index (χ0) is 10.0. The summed E-state index contributed by atoms with van der Waals surface area (Å²) in [5.74, 6) is 0.127. The number of hydrogen-bond acceptors (Lipinski definition) is 2. The predicted molar refractivity (Wildman–Crippen MR) is 58.2 cm³/mol. The fourth-order valence-corrected chi connectivity index (χ4v) is 2.00. The monoisotopic (exact) mass is 263 g/mol. The summed E-state index contributed by atoms with van der Waals surface area (Å²) in [4.78, 5) is 0. The topological polar surface area (TPSA) is 46.2 Å². The summed E-state index contributed by atoms with van der Waals surface area (Å²) in [7, 11) is 0. The Hall–Kier alpha value is -0.250. The molecule has 0 fully saturated rings. The molecule has 13 heavy (non-hydrogen) atoms. The molecule has 0 bridgehead atoms. The van der Waals surface area contributed by atoms with E-state index in [-0.39, 0.29) is 11.8 Å². The van der Waals surface area contributed by atoms with Crippen LogP contribution in [0.3, 0.4) is 0 Å². The van der Waals surface area contributed by atoms with Gasteiger partial charge < -0.3 is 10.8 Å². The fraction of sp³-hybridized carbons (Fsp3) is 0.333. The van der Waals surface area contributed by atoms with Crippen LogP contribution in [0.15, 0.2) is 16.6 Å². The van der Waals surface area contributed by atoms with Gasteiger partial charge in [0.2, 0.25) is 0 Å². The quantitative estimate of drug-likeness (QED) is 0.863. The van der Waals surface area contributed by atoms with Crippen LogP contribution in [0.2, 0.25) is 5.02 Å².